The van der Waals surface area contributed by atoms with Gasteiger partial charge in [0.1, 0.15) is 0 Å². The highest BCUT2D eigenvalue weighted by molar-refractivity contribution is 9.10. The van der Waals surface area contributed by atoms with E-state index < -0.39 is 5.97 Å². The average Bonchev–Trinajstić information content (AvgIpc) is 2.07. The van der Waals surface area contributed by atoms with Crippen molar-refractivity contribution in [2.75, 3.05) is 0 Å². The predicted octanol–water partition coefficient (Wildman–Crippen LogP) is 2.54. The largest absolute Gasteiger partial charge is 0.472 e. The van der Waals surface area contributed by atoms with Crippen molar-refractivity contribution in [3.05, 3.63) is 33.3 Å². The molecule has 0 bridgehead atoms. The molecule has 66 valence electrons. The standard InChI is InChI=1S/C9H4BrClO2/c10-7-3-1-6(5-8(7)11)2-4-9(12)13/h1,3,5H,(H,12,13). The van der Waals surface area contributed by atoms with Crippen LogP contribution in [0.1, 0.15) is 5.56 Å². The van der Waals surface area contributed by atoms with Crippen LogP contribution in [-0.4, -0.2) is 11.1 Å². The summed E-state index contributed by atoms with van der Waals surface area (Å²) in [7, 11) is 0. The third kappa shape index (κ3) is 3.10. The van der Waals surface area contributed by atoms with Crippen LogP contribution in [0.15, 0.2) is 22.7 Å². The van der Waals surface area contributed by atoms with Gasteiger partial charge in [-0.15, -0.1) is 0 Å². The van der Waals surface area contributed by atoms with Crippen LogP contribution in [0, 0.1) is 11.8 Å². The maximum atomic E-state index is 10.1. The number of benzene rings is 1. The van der Waals surface area contributed by atoms with Crippen molar-refractivity contribution in [1.82, 2.24) is 0 Å². The maximum absolute atomic E-state index is 10.1. The van der Waals surface area contributed by atoms with Crippen LogP contribution < -0.4 is 0 Å². The molecular weight excluding hydrogens is 255 g/mol. The molecular formula is C9H4BrClO2. The Bertz CT molecular complexity index is 404. The lowest BCUT2D eigenvalue weighted by molar-refractivity contribution is -0.130. The predicted molar refractivity (Wildman–Crippen MR) is 53.7 cm³/mol. The number of carboxylic acids is 1. The molecule has 0 fully saturated rings. The molecule has 0 saturated carbocycles. The first kappa shape index (κ1) is 10.1. The molecule has 0 heterocycles. The van der Waals surface area contributed by atoms with Gasteiger partial charge in [0.15, 0.2) is 0 Å². The molecule has 2 nitrogen and oxygen atoms in total. The maximum Gasteiger partial charge on any atom is 0.382 e. The summed E-state index contributed by atoms with van der Waals surface area (Å²) in [6.45, 7) is 0. The van der Waals surface area contributed by atoms with Gasteiger partial charge in [0.25, 0.3) is 0 Å². The minimum Gasteiger partial charge on any atom is -0.472 e. The van der Waals surface area contributed by atoms with E-state index in [9.17, 15) is 4.79 Å². The third-order valence-corrected chi connectivity index (χ3v) is 2.47. The SMILES string of the molecule is O=C(O)C#Cc1ccc(Br)c(Cl)c1. The van der Waals surface area contributed by atoms with Crippen LogP contribution in [0.4, 0.5) is 0 Å². The lowest BCUT2D eigenvalue weighted by atomic mass is 10.2. The highest BCUT2D eigenvalue weighted by Gasteiger charge is 1.96. The number of hydrogen-bond acceptors (Lipinski definition) is 1. The average molecular weight is 259 g/mol. The van der Waals surface area contributed by atoms with Gasteiger partial charge in [0.2, 0.25) is 0 Å². The fourth-order valence-electron chi connectivity index (χ4n) is 0.700. The van der Waals surface area contributed by atoms with E-state index in [4.69, 9.17) is 16.7 Å². The first-order valence-electron chi connectivity index (χ1n) is 3.29. The van der Waals surface area contributed by atoms with E-state index in [2.05, 4.69) is 21.9 Å². The molecule has 1 rings (SSSR count). The zero-order valence-electron chi connectivity index (χ0n) is 6.34. The van der Waals surface area contributed by atoms with Crippen LogP contribution in [0.3, 0.4) is 0 Å². The molecule has 13 heavy (non-hydrogen) atoms. The highest BCUT2D eigenvalue weighted by atomic mass is 79.9. The van der Waals surface area contributed by atoms with E-state index in [1.54, 1.807) is 18.2 Å². The van der Waals surface area contributed by atoms with Gasteiger partial charge in [-0.3, -0.25) is 0 Å². The molecule has 0 amide bonds. The van der Waals surface area contributed by atoms with E-state index in [0.717, 1.165) is 4.47 Å². The van der Waals surface area contributed by atoms with Crippen molar-refractivity contribution in [3.8, 4) is 11.8 Å². The number of rotatable bonds is 0. The van der Waals surface area contributed by atoms with Gasteiger partial charge in [0, 0.05) is 16.0 Å². The van der Waals surface area contributed by atoms with Gasteiger partial charge >= 0.3 is 5.97 Å². The quantitative estimate of drug-likeness (QED) is 0.727. The van der Waals surface area contributed by atoms with Crippen LogP contribution in [0.5, 0.6) is 0 Å². The number of aliphatic carboxylic acids is 1. The number of carbonyl (C=O) groups is 1. The molecule has 0 spiro atoms. The lowest BCUT2D eigenvalue weighted by Crippen LogP contribution is -1.87. The summed E-state index contributed by atoms with van der Waals surface area (Å²) < 4.78 is 0.759. The molecule has 1 N–H and O–H groups in total. The Hall–Kier alpha value is -0.980. The molecule has 0 unspecified atom stereocenters. The van der Waals surface area contributed by atoms with Crippen molar-refractivity contribution in [2.45, 2.75) is 0 Å². The minimum absolute atomic E-state index is 0.511. The second kappa shape index (κ2) is 4.31. The first-order valence-corrected chi connectivity index (χ1v) is 4.46. The Morgan fingerprint density at radius 1 is 1.54 bits per heavy atom. The van der Waals surface area contributed by atoms with Gasteiger partial charge in [-0.2, -0.15) is 0 Å². The van der Waals surface area contributed by atoms with Crippen molar-refractivity contribution in [1.29, 1.82) is 0 Å². The smallest absolute Gasteiger partial charge is 0.382 e. The fraction of sp³-hybridized carbons (Fsp3) is 0. The second-order valence-corrected chi connectivity index (χ2v) is 3.45. The fourth-order valence-corrected chi connectivity index (χ4v) is 1.13. The van der Waals surface area contributed by atoms with Gasteiger partial charge in [0.05, 0.1) is 5.02 Å². The van der Waals surface area contributed by atoms with E-state index in [1.165, 1.54) is 0 Å². The molecule has 0 aliphatic heterocycles. The van der Waals surface area contributed by atoms with Gasteiger partial charge < -0.3 is 5.11 Å². The molecule has 1 aromatic rings. The number of carboxylic acid groups (broad SMARTS) is 1. The summed E-state index contributed by atoms with van der Waals surface area (Å²) in [5.74, 6) is 3.30. The van der Waals surface area contributed by atoms with E-state index in [-0.39, 0.29) is 0 Å². The number of hydrogen-bond donors (Lipinski definition) is 1. The Balaban J connectivity index is 3.00. The van der Waals surface area contributed by atoms with Gasteiger partial charge in [-0.25, -0.2) is 4.79 Å². The summed E-state index contributed by atoms with van der Waals surface area (Å²) in [5.41, 5.74) is 0.579. The second-order valence-electron chi connectivity index (χ2n) is 2.18. The Morgan fingerprint density at radius 3 is 2.77 bits per heavy atom. The first-order chi connectivity index (χ1) is 6.09. The Morgan fingerprint density at radius 2 is 2.23 bits per heavy atom. The third-order valence-electron chi connectivity index (χ3n) is 1.23. The molecule has 0 aliphatic rings. The normalized spacial score (nSPS) is 8.77. The summed E-state index contributed by atoms with van der Waals surface area (Å²) in [5, 5.41) is 8.79. The zero-order valence-corrected chi connectivity index (χ0v) is 8.69. The molecule has 0 saturated heterocycles. The molecule has 4 heteroatoms. The van der Waals surface area contributed by atoms with Gasteiger partial charge in [-0.1, -0.05) is 17.5 Å². The number of halogens is 2. The summed E-state index contributed by atoms with van der Waals surface area (Å²) in [4.78, 5) is 10.1. The Labute approximate surface area is 88.7 Å². The topological polar surface area (TPSA) is 37.3 Å². The lowest BCUT2D eigenvalue weighted by Gasteiger charge is -1.94. The molecule has 1 aromatic carbocycles. The van der Waals surface area contributed by atoms with Crippen LogP contribution in [0.2, 0.25) is 5.02 Å². The molecule has 0 atom stereocenters. The zero-order chi connectivity index (χ0) is 9.84. The summed E-state index contributed by atoms with van der Waals surface area (Å²) in [6.07, 6.45) is 0. The van der Waals surface area contributed by atoms with Gasteiger partial charge in [-0.05, 0) is 34.1 Å². The molecule has 0 radical (unpaired) electrons. The van der Waals surface area contributed by atoms with Crippen LogP contribution in [0.25, 0.3) is 0 Å². The molecule has 0 aliphatic carbocycles. The van der Waals surface area contributed by atoms with Crippen LogP contribution >= 0.6 is 27.5 Å². The van der Waals surface area contributed by atoms with Crippen molar-refractivity contribution in [2.24, 2.45) is 0 Å². The minimum atomic E-state index is -1.15. The van der Waals surface area contributed by atoms with Crippen LogP contribution in [-0.2, 0) is 4.79 Å². The van der Waals surface area contributed by atoms with E-state index >= 15 is 0 Å². The summed E-state index contributed by atoms with van der Waals surface area (Å²) >= 11 is 8.98. The summed E-state index contributed by atoms with van der Waals surface area (Å²) in [6, 6.07) is 5.00. The van der Waals surface area contributed by atoms with E-state index in [1.807, 2.05) is 5.92 Å². The Kier molecular flexibility index (Phi) is 3.35. The van der Waals surface area contributed by atoms with Crippen molar-refractivity contribution in [3.63, 3.8) is 0 Å². The van der Waals surface area contributed by atoms with E-state index in [0.29, 0.717) is 10.6 Å². The molecule has 0 aromatic heterocycles. The van der Waals surface area contributed by atoms with Crippen molar-refractivity contribution < 1.29 is 9.90 Å². The van der Waals surface area contributed by atoms with Crippen molar-refractivity contribution >= 4 is 33.5 Å². The highest BCUT2D eigenvalue weighted by Crippen LogP contribution is 2.22. The monoisotopic (exact) mass is 258 g/mol.